The molecule has 0 spiro atoms. The fraction of sp³-hybridized carbons (Fsp3) is 0.297. The van der Waals surface area contributed by atoms with Crippen LogP contribution in [0.5, 0.6) is 5.75 Å². The number of rotatable bonds is 14. The molecule has 5 rings (SSSR count). The van der Waals surface area contributed by atoms with E-state index in [9.17, 15) is 18.0 Å². The third-order valence-corrected chi connectivity index (χ3v) is 10.3. The maximum absolute atomic E-state index is 14.6. The lowest BCUT2D eigenvalue weighted by atomic mass is 10.0. The summed E-state index contributed by atoms with van der Waals surface area (Å²) in [5, 5.41) is 3.58. The average molecular weight is 674 g/mol. The average Bonchev–Trinajstić information content (AvgIpc) is 3.60. The van der Waals surface area contributed by atoms with Crippen LogP contribution in [0.15, 0.2) is 114 Å². The summed E-state index contributed by atoms with van der Waals surface area (Å²) in [6.45, 7) is 1.89. The molecule has 0 radical (unpaired) electrons. The number of ether oxygens (including phenoxy) is 1. The van der Waals surface area contributed by atoms with Crippen molar-refractivity contribution in [2.75, 3.05) is 17.5 Å². The van der Waals surface area contributed by atoms with Gasteiger partial charge in [-0.25, -0.2) is 8.42 Å². The van der Waals surface area contributed by atoms with Gasteiger partial charge in [0.05, 0.1) is 17.2 Å². The monoisotopic (exact) mass is 673 g/mol. The Kier molecular flexibility index (Phi) is 11.6. The van der Waals surface area contributed by atoms with Crippen LogP contribution in [0, 0.1) is 0 Å². The zero-order chi connectivity index (χ0) is 33.2. The first-order valence-corrected chi connectivity index (χ1v) is 17.7. The molecule has 1 N–H and O–H groups in total. The lowest BCUT2D eigenvalue weighted by Crippen LogP contribution is -2.54. The molecule has 0 heterocycles. The number of hydrogen-bond acceptors (Lipinski definition) is 5. The van der Waals surface area contributed by atoms with E-state index in [-0.39, 0.29) is 35.5 Å². The van der Waals surface area contributed by atoms with Gasteiger partial charge in [-0.15, -0.1) is 0 Å². The highest BCUT2D eigenvalue weighted by Gasteiger charge is 2.35. The van der Waals surface area contributed by atoms with E-state index in [4.69, 9.17) is 16.3 Å². The number of carbonyl (C=O) groups is 2. The summed E-state index contributed by atoms with van der Waals surface area (Å²) in [6.07, 6.45) is 4.13. The Labute approximate surface area is 282 Å². The van der Waals surface area contributed by atoms with Crippen molar-refractivity contribution in [1.82, 2.24) is 10.2 Å². The van der Waals surface area contributed by atoms with Crippen molar-refractivity contribution >= 4 is 39.1 Å². The van der Waals surface area contributed by atoms with E-state index in [0.29, 0.717) is 17.4 Å². The predicted molar refractivity (Wildman–Crippen MR) is 185 cm³/mol. The highest BCUT2D eigenvalue weighted by atomic mass is 35.5. The van der Waals surface area contributed by atoms with Crippen LogP contribution in [0.4, 0.5) is 5.69 Å². The maximum Gasteiger partial charge on any atom is 0.264 e. The van der Waals surface area contributed by atoms with E-state index < -0.39 is 28.5 Å². The Morgan fingerprint density at radius 1 is 0.851 bits per heavy atom. The van der Waals surface area contributed by atoms with Crippen LogP contribution < -0.4 is 14.4 Å². The van der Waals surface area contributed by atoms with Crippen molar-refractivity contribution in [2.45, 2.75) is 62.6 Å². The number of sulfonamides is 1. The summed E-state index contributed by atoms with van der Waals surface area (Å²) >= 11 is 6.08. The second kappa shape index (κ2) is 16.0. The second-order valence-electron chi connectivity index (χ2n) is 11.6. The Morgan fingerprint density at radius 3 is 2.04 bits per heavy atom. The van der Waals surface area contributed by atoms with Crippen molar-refractivity contribution in [2.24, 2.45) is 0 Å². The van der Waals surface area contributed by atoms with Gasteiger partial charge in [-0.2, -0.15) is 0 Å². The molecule has 4 aromatic carbocycles. The molecule has 0 bridgehead atoms. The van der Waals surface area contributed by atoms with Gasteiger partial charge < -0.3 is 15.0 Å². The minimum atomic E-state index is -4.24. The lowest BCUT2D eigenvalue weighted by Gasteiger charge is -2.34. The Morgan fingerprint density at radius 2 is 1.45 bits per heavy atom. The molecule has 0 aliphatic heterocycles. The molecule has 8 nitrogen and oxygen atoms in total. The smallest absolute Gasteiger partial charge is 0.264 e. The zero-order valence-corrected chi connectivity index (χ0v) is 28.0. The molecule has 0 aromatic heterocycles. The molecule has 0 saturated heterocycles. The number of amides is 2. The summed E-state index contributed by atoms with van der Waals surface area (Å²) in [4.78, 5) is 30.2. The third kappa shape index (κ3) is 8.93. The van der Waals surface area contributed by atoms with Crippen LogP contribution in [0.3, 0.4) is 0 Å². The van der Waals surface area contributed by atoms with Crippen LogP contribution in [0.2, 0.25) is 5.02 Å². The van der Waals surface area contributed by atoms with Gasteiger partial charge in [-0.3, -0.25) is 13.9 Å². The van der Waals surface area contributed by atoms with Gasteiger partial charge in [-0.1, -0.05) is 85.1 Å². The first kappa shape index (κ1) is 34.0. The number of anilines is 1. The lowest BCUT2D eigenvalue weighted by molar-refractivity contribution is -0.140. The summed E-state index contributed by atoms with van der Waals surface area (Å²) < 4.78 is 35.1. The topological polar surface area (TPSA) is 96.0 Å². The molecule has 246 valence electrons. The van der Waals surface area contributed by atoms with Crippen LogP contribution >= 0.6 is 11.6 Å². The largest absolute Gasteiger partial charge is 0.494 e. The first-order chi connectivity index (χ1) is 22.7. The normalized spacial score (nSPS) is 13.9. The van der Waals surface area contributed by atoms with Gasteiger partial charge in [0.25, 0.3) is 10.0 Å². The molecule has 1 aliphatic carbocycles. The standard InChI is InChI=1S/C37H40ClN3O5S/c1-2-46-33-21-19-32(20-22-33)41(47(44,45)34-23-17-30(38)18-24-34)27-36(42)40(26-29-13-7-4-8-14-29)35(25-28-11-5-3-6-12-28)37(43)39-31-15-9-10-16-31/h3-8,11-14,17-24,31,35H,2,9-10,15-16,25-27H2,1H3,(H,39,43)/t35-/m0/s1. The number of hydrogen-bond donors (Lipinski definition) is 1. The Bertz CT molecular complexity index is 1710. The Hall–Kier alpha value is -4.34. The van der Waals surface area contributed by atoms with Crippen molar-refractivity contribution < 1.29 is 22.7 Å². The number of nitrogens with one attached hydrogen (secondary N) is 1. The molecule has 1 aliphatic rings. The highest BCUT2D eigenvalue weighted by molar-refractivity contribution is 7.92. The quantitative estimate of drug-likeness (QED) is 0.162. The molecular formula is C37H40ClN3O5S. The van der Waals surface area contributed by atoms with E-state index in [2.05, 4.69) is 5.32 Å². The van der Waals surface area contributed by atoms with E-state index in [1.54, 1.807) is 24.3 Å². The first-order valence-electron chi connectivity index (χ1n) is 15.9. The number of halogens is 1. The molecule has 0 unspecified atom stereocenters. The zero-order valence-electron chi connectivity index (χ0n) is 26.4. The van der Waals surface area contributed by atoms with Gasteiger partial charge in [0.2, 0.25) is 11.8 Å². The minimum Gasteiger partial charge on any atom is -0.494 e. The van der Waals surface area contributed by atoms with Gasteiger partial charge in [0.15, 0.2) is 0 Å². The molecule has 1 fully saturated rings. The van der Waals surface area contributed by atoms with E-state index in [1.807, 2.05) is 67.6 Å². The van der Waals surface area contributed by atoms with Gasteiger partial charge in [0.1, 0.15) is 18.3 Å². The highest BCUT2D eigenvalue weighted by Crippen LogP contribution is 2.28. The summed E-state index contributed by atoms with van der Waals surface area (Å²) in [5.74, 6) is -0.190. The van der Waals surface area contributed by atoms with E-state index in [1.165, 1.54) is 29.2 Å². The van der Waals surface area contributed by atoms with Crippen molar-refractivity contribution in [1.29, 1.82) is 0 Å². The molecule has 4 aromatic rings. The minimum absolute atomic E-state index is 0.0157. The van der Waals surface area contributed by atoms with Crippen LogP contribution in [-0.2, 0) is 32.6 Å². The van der Waals surface area contributed by atoms with Gasteiger partial charge >= 0.3 is 0 Å². The molecular weight excluding hydrogens is 634 g/mol. The maximum atomic E-state index is 14.6. The van der Waals surface area contributed by atoms with Gasteiger partial charge in [-0.05, 0) is 79.4 Å². The summed E-state index contributed by atoms with van der Waals surface area (Å²) in [7, 11) is -4.24. The molecule has 1 saturated carbocycles. The van der Waals surface area contributed by atoms with Crippen LogP contribution in [0.25, 0.3) is 0 Å². The van der Waals surface area contributed by atoms with Crippen LogP contribution in [0.1, 0.15) is 43.7 Å². The van der Waals surface area contributed by atoms with E-state index >= 15 is 0 Å². The molecule has 1 atom stereocenters. The number of carbonyl (C=O) groups excluding carboxylic acids is 2. The summed E-state index contributed by atoms with van der Waals surface area (Å²) in [6, 6.07) is 30.5. The molecule has 2 amide bonds. The van der Waals surface area contributed by atoms with Crippen LogP contribution in [-0.4, -0.2) is 50.4 Å². The molecule has 47 heavy (non-hydrogen) atoms. The second-order valence-corrected chi connectivity index (χ2v) is 13.9. The van der Waals surface area contributed by atoms with Crippen molar-refractivity contribution in [3.8, 4) is 5.75 Å². The van der Waals surface area contributed by atoms with Crippen molar-refractivity contribution in [3.05, 3.63) is 125 Å². The summed E-state index contributed by atoms with van der Waals surface area (Å²) in [5.41, 5.74) is 1.99. The number of benzene rings is 4. The van der Waals surface area contributed by atoms with E-state index in [0.717, 1.165) is 41.1 Å². The predicted octanol–water partition coefficient (Wildman–Crippen LogP) is 6.63. The fourth-order valence-electron chi connectivity index (χ4n) is 5.84. The third-order valence-electron chi connectivity index (χ3n) is 8.28. The van der Waals surface area contributed by atoms with Gasteiger partial charge in [0, 0.05) is 24.0 Å². The SMILES string of the molecule is CCOc1ccc(N(CC(=O)N(Cc2ccccc2)[C@@H](Cc2ccccc2)C(=O)NC2CCCC2)S(=O)(=O)c2ccc(Cl)cc2)cc1. The molecule has 10 heteroatoms. The Balaban J connectivity index is 1.55. The fourth-order valence-corrected chi connectivity index (χ4v) is 7.38. The number of nitrogens with zero attached hydrogens (tertiary/aromatic N) is 2. The van der Waals surface area contributed by atoms with Crippen molar-refractivity contribution in [3.63, 3.8) is 0 Å².